The second kappa shape index (κ2) is 6.46. The summed E-state index contributed by atoms with van der Waals surface area (Å²) in [5.41, 5.74) is 5.27. The topological polar surface area (TPSA) is 63.3 Å². The third-order valence-corrected chi connectivity index (χ3v) is 2.01. The van der Waals surface area contributed by atoms with Gasteiger partial charge in [-0.1, -0.05) is 0 Å². The molecule has 1 aromatic rings. The third-order valence-electron chi connectivity index (χ3n) is 2.01. The molecule has 0 aliphatic rings. The Kier molecular flexibility index (Phi) is 5.98. The lowest BCUT2D eigenvalue weighted by Gasteiger charge is -2.09. The van der Waals surface area contributed by atoms with E-state index in [4.69, 9.17) is 10.8 Å². The van der Waals surface area contributed by atoms with Gasteiger partial charge in [-0.05, 0) is 18.1 Å². The molecular weight excluding hydrogens is 259 g/mol. The van der Waals surface area contributed by atoms with Gasteiger partial charge in [0.2, 0.25) is 0 Å². The lowest BCUT2D eigenvalue weighted by Crippen LogP contribution is -2.26. The van der Waals surface area contributed by atoms with Gasteiger partial charge in [0.1, 0.15) is 5.82 Å². The van der Waals surface area contributed by atoms with Crippen molar-refractivity contribution in [3.05, 3.63) is 35.1 Å². The molecular formula is C10H11ClF3NO2. The van der Waals surface area contributed by atoms with Gasteiger partial charge >= 0.3 is 5.97 Å². The molecule has 0 saturated carbocycles. The van der Waals surface area contributed by atoms with Crippen LogP contribution < -0.4 is 5.73 Å². The third kappa shape index (κ3) is 4.62. The molecule has 0 amide bonds. The fourth-order valence-electron chi connectivity index (χ4n) is 1.30. The second-order valence-corrected chi connectivity index (χ2v) is 3.42. The molecule has 0 aromatic heterocycles. The minimum absolute atomic E-state index is 0. The van der Waals surface area contributed by atoms with Gasteiger partial charge in [0, 0.05) is 12.1 Å². The summed E-state index contributed by atoms with van der Waals surface area (Å²) in [5, 5.41) is 8.42. The predicted molar refractivity (Wildman–Crippen MR) is 57.5 cm³/mol. The van der Waals surface area contributed by atoms with Gasteiger partial charge < -0.3 is 10.8 Å². The van der Waals surface area contributed by atoms with Crippen LogP contribution in [0.5, 0.6) is 0 Å². The first-order valence-electron chi connectivity index (χ1n) is 4.51. The molecule has 7 heteroatoms. The lowest BCUT2D eigenvalue weighted by atomic mass is 10.0. The van der Waals surface area contributed by atoms with Gasteiger partial charge in [0.05, 0.1) is 6.42 Å². The Balaban J connectivity index is 0.00000256. The quantitative estimate of drug-likeness (QED) is 0.820. The number of carbonyl (C=O) groups is 1. The Bertz CT molecular complexity index is 415. The molecule has 0 radical (unpaired) electrons. The van der Waals surface area contributed by atoms with E-state index in [1.165, 1.54) is 0 Å². The molecule has 0 aliphatic heterocycles. The molecule has 0 fully saturated rings. The number of aliphatic carboxylic acids is 1. The summed E-state index contributed by atoms with van der Waals surface area (Å²) in [6.45, 7) is 0. The summed E-state index contributed by atoms with van der Waals surface area (Å²) < 4.78 is 38.5. The molecule has 0 aliphatic carbocycles. The largest absolute Gasteiger partial charge is 0.481 e. The van der Waals surface area contributed by atoms with Gasteiger partial charge in [0.15, 0.2) is 11.6 Å². The molecule has 0 heterocycles. The van der Waals surface area contributed by atoms with Crippen molar-refractivity contribution < 1.29 is 23.1 Å². The van der Waals surface area contributed by atoms with E-state index in [0.29, 0.717) is 12.1 Å². The maximum absolute atomic E-state index is 13.1. The van der Waals surface area contributed by atoms with E-state index in [1.807, 2.05) is 0 Å². The molecule has 3 N–H and O–H groups in total. The van der Waals surface area contributed by atoms with E-state index >= 15 is 0 Å². The zero-order valence-corrected chi connectivity index (χ0v) is 9.44. The number of hydrogen-bond acceptors (Lipinski definition) is 2. The summed E-state index contributed by atoms with van der Waals surface area (Å²) in [5.74, 6) is -4.53. The van der Waals surface area contributed by atoms with Gasteiger partial charge in [-0.2, -0.15) is 0 Å². The van der Waals surface area contributed by atoms with Crippen LogP contribution in [-0.2, 0) is 11.2 Å². The van der Waals surface area contributed by atoms with Crippen LogP contribution >= 0.6 is 12.4 Å². The number of halogens is 4. The lowest BCUT2D eigenvalue weighted by molar-refractivity contribution is -0.137. The van der Waals surface area contributed by atoms with E-state index in [-0.39, 0.29) is 30.8 Å². The van der Waals surface area contributed by atoms with E-state index in [1.54, 1.807) is 0 Å². The monoisotopic (exact) mass is 269 g/mol. The first-order chi connectivity index (χ1) is 7.40. The van der Waals surface area contributed by atoms with Gasteiger partial charge in [-0.3, -0.25) is 4.79 Å². The molecule has 1 atom stereocenters. The first-order valence-corrected chi connectivity index (χ1v) is 4.51. The minimum Gasteiger partial charge on any atom is -0.481 e. The van der Waals surface area contributed by atoms with Crippen LogP contribution in [0.4, 0.5) is 13.2 Å². The molecule has 96 valence electrons. The summed E-state index contributed by atoms with van der Waals surface area (Å²) >= 11 is 0. The van der Waals surface area contributed by atoms with Crippen molar-refractivity contribution in [3.63, 3.8) is 0 Å². The van der Waals surface area contributed by atoms with Crippen LogP contribution in [0.15, 0.2) is 12.1 Å². The van der Waals surface area contributed by atoms with Gasteiger partial charge in [-0.25, -0.2) is 13.2 Å². The van der Waals surface area contributed by atoms with E-state index in [2.05, 4.69) is 0 Å². The fourth-order valence-corrected chi connectivity index (χ4v) is 1.30. The molecule has 0 bridgehead atoms. The van der Waals surface area contributed by atoms with Crippen molar-refractivity contribution >= 4 is 18.4 Å². The molecule has 3 nitrogen and oxygen atoms in total. The van der Waals surface area contributed by atoms with Crippen LogP contribution in [0.3, 0.4) is 0 Å². The average Bonchev–Trinajstić information content (AvgIpc) is 2.12. The molecule has 0 spiro atoms. The predicted octanol–water partition coefficient (Wildman–Crippen LogP) is 1.87. The standard InChI is InChI=1S/C10H10F3NO2.ClH/c11-7-4-9(13)8(12)2-5(7)1-6(14)3-10(15)16;/h2,4,6H,1,3,14H2,(H,15,16);1H/t6-;/m0./s1. The molecule has 17 heavy (non-hydrogen) atoms. The number of carboxylic acids is 1. The number of carboxylic acid groups (broad SMARTS) is 1. The second-order valence-electron chi connectivity index (χ2n) is 3.42. The highest BCUT2D eigenvalue weighted by atomic mass is 35.5. The minimum atomic E-state index is -1.28. The van der Waals surface area contributed by atoms with Gasteiger partial charge in [-0.15, -0.1) is 12.4 Å². The first kappa shape index (κ1) is 15.7. The van der Waals surface area contributed by atoms with E-state index in [0.717, 1.165) is 0 Å². The molecule has 0 saturated heterocycles. The fraction of sp³-hybridized carbons (Fsp3) is 0.300. The number of rotatable bonds is 4. The number of benzene rings is 1. The van der Waals surface area contributed by atoms with Crippen LogP contribution in [0.1, 0.15) is 12.0 Å². The summed E-state index contributed by atoms with van der Waals surface area (Å²) in [4.78, 5) is 10.3. The van der Waals surface area contributed by atoms with Crippen LogP contribution in [-0.4, -0.2) is 17.1 Å². The Hall–Kier alpha value is -1.27. The van der Waals surface area contributed by atoms with E-state index < -0.39 is 29.5 Å². The van der Waals surface area contributed by atoms with Crippen LogP contribution in [0, 0.1) is 17.5 Å². The highest BCUT2D eigenvalue weighted by Gasteiger charge is 2.14. The highest BCUT2D eigenvalue weighted by Crippen LogP contribution is 2.15. The maximum Gasteiger partial charge on any atom is 0.304 e. The van der Waals surface area contributed by atoms with Crippen molar-refractivity contribution in [1.82, 2.24) is 0 Å². The summed E-state index contributed by atoms with van der Waals surface area (Å²) in [6, 6.07) is 0.265. The van der Waals surface area contributed by atoms with Crippen molar-refractivity contribution in [3.8, 4) is 0 Å². The molecule has 1 aromatic carbocycles. The Morgan fingerprint density at radius 2 is 1.76 bits per heavy atom. The van der Waals surface area contributed by atoms with Crippen molar-refractivity contribution in [1.29, 1.82) is 0 Å². The molecule has 1 rings (SSSR count). The van der Waals surface area contributed by atoms with Gasteiger partial charge in [0.25, 0.3) is 0 Å². The Morgan fingerprint density at radius 1 is 1.24 bits per heavy atom. The highest BCUT2D eigenvalue weighted by molar-refractivity contribution is 5.85. The zero-order valence-electron chi connectivity index (χ0n) is 8.62. The van der Waals surface area contributed by atoms with Crippen LogP contribution in [0.25, 0.3) is 0 Å². The number of nitrogens with two attached hydrogens (primary N) is 1. The Morgan fingerprint density at radius 3 is 2.29 bits per heavy atom. The maximum atomic E-state index is 13.1. The normalized spacial score (nSPS) is 11.8. The average molecular weight is 270 g/mol. The van der Waals surface area contributed by atoms with Crippen molar-refractivity contribution in [2.24, 2.45) is 5.73 Å². The van der Waals surface area contributed by atoms with Crippen LogP contribution in [0.2, 0.25) is 0 Å². The SMILES string of the molecule is Cl.N[C@H](CC(=O)O)Cc1cc(F)c(F)cc1F. The van der Waals surface area contributed by atoms with E-state index in [9.17, 15) is 18.0 Å². The zero-order chi connectivity index (χ0) is 12.3. The Labute approximate surface area is 102 Å². The smallest absolute Gasteiger partial charge is 0.304 e. The molecule has 0 unspecified atom stereocenters. The van der Waals surface area contributed by atoms with Crippen molar-refractivity contribution in [2.75, 3.05) is 0 Å². The number of hydrogen-bond donors (Lipinski definition) is 2. The summed E-state index contributed by atoms with van der Waals surface area (Å²) in [7, 11) is 0. The summed E-state index contributed by atoms with van der Waals surface area (Å²) in [6.07, 6.45) is -0.520. The van der Waals surface area contributed by atoms with Crippen molar-refractivity contribution in [2.45, 2.75) is 18.9 Å².